The molecule has 0 amide bonds. The smallest absolute Gasteiger partial charge is 0.197 e. The molecule has 6 heteroatoms. The molecule has 0 spiro atoms. The maximum Gasteiger partial charge on any atom is 0.197 e. The Bertz CT molecular complexity index is 451. The average Bonchev–Trinajstić information content (AvgIpc) is 2.42. The highest BCUT2D eigenvalue weighted by atomic mass is 79.9. The Morgan fingerprint density at radius 3 is 2.47 bits per heavy atom. The summed E-state index contributed by atoms with van der Waals surface area (Å²) in [5.74, 6) is 0.207. The van der Waals surface area contributed by atoms with Gasteiger partial charge in [-0.1, -0.05) is 15.9 Å². The van der Waals surface area contributed by atoms with E-state index in [2.05, 4.69) is 26.1 Å². The van der Waals surface area contributed by atoms with Crippen LogP contribution in [0, 0.1) is 5.82 Å². The van der Waals surface area contributed by atoms with E-state index in [9.17, 15) is 4.39 Å². The first kappa shape index (κ1) is 14.6. The van der Waals surface area contributed by atoms with Gasteiger partial charge in [-0.15, -0.1) is 0 Å². The van der Waals surface area contributed by atoms with Gasteiger partial charge in [-0.2, -0.15) is 0 Å². The molecule has 1 aromatic carbocycles. The molecule has 0 bridgehead atoms. The second kappa shape index (κ2) is 6.54. The van der Waals surface area contributed by atoms with Gasteiger partial charge in [0.1, 0.15) is 0 Å². The zero-order chi connectivity index (χ0) is 13.8. The lowest BCUT2D eigenvalue weighted by Gasteiger charge is -2.28. The number of piperazine rings is 1. The molecule has 4 nitrogen and oxygen atoms in total. The van der Waals surface area contributed by atoms with Crippen LogP contribution in [0.1, 0.15) is 5.56 Å². The molecule has 0 saturated carbocycles. The molecular formula is C13H18BrFN2O2. The molecule has 1 fully saturated rings. The maximum absolute atomic E-state index is 13.8. The van der Waals surface area contributed by atoms with E-state index in [0.717, 1.165) is 31.7 Å². The minimum Gasteiger partial charge on any atom is -0.492 e. The van der Waals surface area contributed by atoms with Crippen molar-refractivity contribution in [2.24, 2.45) is 0 Å². The number of nitrogens with zero attached hydrogens (tertiary/aromatic N) is 1. The van der Waals surface area contributed by atoms with Crippen LogP contribution >= 0.6 is 15.9 Å². The molecule has 1 aromatic rings. The van der Waals surface area contributed by atoms with Crippen molar-refractivity contribution in [2.75, 3.05) is 40.4 Å². The Morgan fingerprint density at radius 1 is 1.26 bits per heavy atom. The number of benzene rings is 1. The second-order valence-electron chi connectivity index (χ2n) is 4.41. The van der Waals surface area contributed by atoms with Crippen LogP contribution in [0.25, 0.3) is 0 Å². The van der Waals surface area contributed by atoms with Gasteiger partial charge in [-0.05, 0) is 6.07 Å². The Morgan fingerprint density at radius 2 is 1.89 bits per heavy atom. The first-order valence-electron chi connectivity index (χ1n) is 6.19. The summed E-state index contributed by atoms with van der Waals surface area (Å²) in [5, 5.41) is 3.31. The average molecular weight is 333 g/mol. The van der Waals surface area contributed by atoms with Crippen LogP contribution in [-0.4, -0.2) is 45.3 Å². The fourth-order valence-electron chi connectivity index (χ4n) is 2.26. The third-order valence-electron chi connectivity index (χ3n) is 3.24. The topological polar surface area (TPSA) is 33.7 Å². The molecular weight excluding hydrogens is 315 g/mol. The number of hydrogen-bond acceptors (Lipinski definition) is 4. The molecule has 0 unspecified atom stereocenters. The minimum atomic E-state index is -0.421. The van der Waals surface area contributed by atoms with Crippen LogP contribution in [-0.2, 0) is 6.54 Å². The zero-order valence-corrected chi connectivity index (χ0v) is 12.7. The maximum atomic E-state index is 13.8. The highest BCUT2D eigenvalue weighted by Crippen LogP contribution is 2.39. The fraction of sp³-hybridized carbons (Fsp3) is 0.538. The van der Waals surface area contributed by atoms with Crippen LogP contribution < -0.4 is 14.8 Å². The molecule has 19 heavy (non-hydrogen) atoms. The monoisotopic (exact) mass is 332 g/mol. The summed E-state index contributed by atoms with van der Waals surface area (Å²) in [6, 6.07) is 1.43. The van der Waals surface area contributed by atoms with Crippen LogP contribution in [0.5, 0.6) is 11.5 Å². The predicted molar refractivity (Wildman–Crippen MR) is 75.4 cm³/mol. The van der Waals surface area contributed by atoms with Gasteiger partial charge in [0.25, 0.3) is 0 Å². The Labute approximate surface area is 121 Å². The van der Waals surface area contributed by atoms with Crippen molar-refractivity contribution in [3.05, 3.63) is 21.9 Å². The summed E-state index contributed by atoms with van der Waals surface area (Å²) >= 11 is 3.41. The van der Waals surface area contributed by atoms with Crippen LogP contribution in [0.3, 0.4) is 0 Å². The van der Waals surface area contributed by atoms with Gasteiger partial charge < -0.3 is 14.8 Å². The first-order valence-corrected chi connectivity index (χ1v) is 6.98. The van der Waals surface area contributed by atoms with E-state index in [4.69, 9.17) is 9.47 Å². The van der Waals surface area contributed by atoms with Crippen molar-refractivity contribution in [1.29, 1.82) is 0 Å². The lowest BCUT2D eigenvalue weighted by Crippen LogP contribution is -2.43. The molecule has 1 heterocycles. The summed E-state index contributed by atoms with van der Waals surface area (Å²) in [7, 11) is 2.98. The normalized spacial score (nSPS) is 16.4. The van der Waals surface area contributed by atoms with Crippen molar-refractivity contribution in [2.45, 2.75) is 6.54 Å². The fourth-order valence-corrected chi connectivity index (χ4v) is 2.77. The number of methoxy groups -OCH3 is 2. The molecule has 0 aromatic heterocycles. The molecule has 1 saturated heterocycles. The van der Waals surface area contributed by atoms with Gasteiger partial charge in [-0.25, -0.2) is 4.39 Å². The van der Waals surface area contributed by atoms with Crippen LogP contribution in [0.4, 0.5) is 4.39 Å². The highest BCUT2D eigenvalue weighted by Gasteiger charge is 2.21. The van der Waals surface area contributed by atoms with E-state index < -0.39 is 5.82 Å². The van der Waals surface area contributed by atoms with Crippen molar-refractivity contribution in [3.8, 4) is 11.5 Å². The number of nitrogens with one attached hydrogen (secondary N) is 1. The Kier molecular flexibility index (Phi) is 5.01. The third kappa shape index (κ3) is 3.19. The summed E-state index contributed by atoms with van der Waals surface area (Å²) in [4.78, 5) is 2.30. The van der Waals surface area contributed by atoms with E-state index in [1.807, 2.05) is 0 Å². The summed E-state index contributed by atoms with van der Waals surface area (Å²) in [6.45, 7) is 4.59. The van der Waals surface area contributed by atoms with Crippen LogP contribution in [0.2, 0.25) is 0 Å². The minimum absolute atomic E-state index is 0.163. The number of halogens is 2. The van der Waals surface area contributed by atoms with Crippen LogP contribution in [0.15, 0.2) is 10.5 Å². The molecule has 2 rings (SSSR count). The molecule has 1 N–H and O–H groups in total. The van der Waals surface area contributed by atoms with Crippen molar-refractivity contribution in [3.63, 3.8) is 0 Å². The van der Waals surface area contributed by atoms with E-state index in [1.54, 1.807) is 0 Å². The third-order valence-corrected chi connectivity index (χ3v) is 3.95. The molecule has 1 aliphatic rings. The molecule has 0 radical (unpaired) electrons. The standard InChI is InChI=1S/C13H18BrFN2O2/c1-18-12-9(8-17-5-3-16-4-6-17)10(14)7-11(15)13(12)19-2/h7,16H,3-6,8H2,1-2H3. The Balaban J connectivity index is 2.32. The number of ether oxygens (including phenoxy) is 2. The summed E-state index contributed by atoms with van der Waals surface area (Å²) in [6.07, 6.45) is 0. The Hall–Kier alpha value is -0.850. The van der Waals surface area contributed by atoms with E-state index in [0.29, 0.717) is 16.8 Å². The van der Waals surface area contributed by atoms with E-state index >= 15 is 0 Å². The second-order valence-corrected chi connectivity index (χ2v) is 5.27. The lowest BCUT2D eigenvalue weighted by molar-refractivity contribution is 0.228. The zero-order valence-electron chi connectivity index (χ0n) is 11.1. The van der Waals surface area contributed by atoms with Crippen molar-refractivity contribution in [1.82, 2.24) is 10.2 Å². The van der Waals surface area contributed by atoms with Gasteiger partial charge in [0.15, 0.2) is 17.3 Å². The van der Waals surface area contributed by atoms with E-state index in [1.165, 1.54) is 20.3 Å². The molecule has 0 atom stereocenters. The van der Waals surface area contributed by atoms with E-state index in [-0.39, 0.29) is 5.75 Å². The van der Waals surface area contributed by atoms with Gasteiger partial charge >= 0.3 is 0 Å². The molecule has 1 aliphatic heterocycles. The number of rotatable bonds is 4. The summed E-state index contributed by atoms with van der Waals surface area (Å²) in [5.41, 5.74) is 0.919. The number of hydrogen-bond donors (Lipinski definition) is 1. The van der Waals surface area contributed by atoms with Crippen molar-refractivity contribution < 1.29 is 13.9 Å². The highest BCUT2D eigenvalue weighted by molar-refractivity contribution is 9.10. The SMILES string of the molecule is COc1c(F)cc(Br)c(CN2CCNCC2)c1OC. The molecule has 0 aliphatic carbocycles. The first-order chi connectivity index (χ1) is 9.17. The largest absolute Gasteiger partial charge is 0.492 e. The molecule has 106 valence electrons. The van der Waals surface area contributed by atoms with Gasteiger partial charge in [-0.3, -0.25) is 4.90 Å². The van der Waals surface area contributed by atoms with Crippen molar-refractivity contribution >= 4 is 15.9 Å². The van der Waals surface area contributed by atoms with Gasteiger partial charge in [0, 0.05) is 42.8 Å². The lowest BCUT2D eigenvalue weighted by atomic mass is 10.1. The summed E-state index contributed by atoms with van der Waals surface area (Å²) < 4.78 is 24.9. The van der Waals surface area contributed by atoms with Gasteiger partial charge in [0.05, 0.1) is 14.2 Å². The quantitative estimate of drug-likeness (QED) is 0.914. The van der Waals surface area contributed by atoms with Gasteiger partial charge in [0.2, 0.25) is 0 Å². The predicted octanol–water partition coefficient (Wildman–Crippen LogP) is 2.01.